The number of fused-ring (bicyclic) bond motifs is 1. The van der Waals surface area contributed by atoms with E-state index in [4.69, 9.17) is 4.74 Å². The van der Waals surface area contributed by atoms with E-state index in [0.717, 1.165) is 17.2 Å². The van der Waals surface area contributed by atoms with Crippen molar-refractivity contribution in [3.05, 3.63) is 59.2 Å². The SMILES string of the molecule is Cc1ccc2c(c1)OC(C(=O)Nc1ccccc1C(F)(F)F)CC2. The Morgan fingerprint density at radius 1 is 1.21 bits per heavy atom. The van der Waals surface area contributed by atoms with E-state index < -0.39 is 23.8 Å². The molecule has 1 amide bonds. The maximum absolute atomic E-state index is 13.0. The van der Waals surface area contributed by atoms with E-state index in [-0.39, 0.29) is 5.69 Å². The molecule has 1 aliphatic heterocycles. The van der Waals surface area contributed by atoms with Crippen LogP contribution in [-0.2, 0) is 17.4 Å². The fraction of sp³-hybridized carbons (Fsp3) is 0.278. The topological polar surface area (TPSA) is 38.3 Å². The molecule has 2 aromatic carbocycles. The summed E-state index contributed by atoms with van der Waals surface area (Å²) >= 11 is 0. The summed E-state index contributed by atoms with van der Waals surface area (Å²) in [5, 5.41) is 2.35. The Labute approximate surface area is 137 Å². The molecule has 0 radical (unpaired) electrons. The monoisotopic (exact) mass is 335 g/mol. The van der Waals surface area contributed by atoms with Crippen LogP contribution in [-0.4, -0.2) is 12.0 Å². The Morgan fingerprint density at radius 3 is 2.71 bits per heavy atom. The summed E-state index contributed by atoms with van der Waals surface area (Å²) < 4.78 is 44.7. The number of rotatable bonds is 2. The molecule has 1 N–H and O–H groups in total. The molecule has 0 spiro atoms. The first-order valence-corrected chi connectivity index (χ1v) is 7.58. The molecule has 1 atom stereocenters. The summed E-state index contributed by atoms with van der Waals surface area (Å²) in [5.74, 6) is 0.0457. The highest BCUT2D eigenvalue weighted by molar-refractivity contribution is 5.95. The van der Waals surface area contributed by atoms with Gasteiger partial charge in [-0.1, -0.05) is 24.3 Å². The number of halogens is 3. The molecule has 126 valence electrons. The fourth-order valence-corrected chi connectivity index (χ4v) is 2.71. The minimum Gasteiger partial charge on any atom is -0.480 e. The minimum atomic E-state index is -4.53. The number of ether oxygens (including phenoxy) is 1. The second-order valence-electron chi connectivity index (χ2n) is 5.79. The number of aryl methyl sites for hydroxylation is 2. The Kier molecular flexibility index (Phi) is 4.22. The number of carbonyl (C=O) groups excluding carboxylic acids is 1. The third kappa shape index (κ3) is 3.37. The molecule has 1 heterocycles. The molecule has 0 saturated carbocycles. The van der Waals surface area contributed by atoms with Crippen LogP contribution in [0.3, 0.4) is 0 Å². The zero-order chi connectivity index (χ0) is 17.3. The second kappa shape index (κ2) is 6.19. The van der Waals surface area contributed by atoms with Crippen molar-refractivity contribution in [3.8, 4) is 5.75 Å². The minimum absolute atomic E-state index is 0.256. The summed E-state index contributed by atoms with van der Waals surface area (Å²) in [6, 6.07) is 10.6. The van der Waals surface area contributed by atoms with Crippen LogP contribution in [0.25, 0.3) is 0 Å². The van der Waals surface area contributed by atoms with E-state index >= 15 is 0 Å². The standard InChI is InChI=1S/C18H16F3NO2/c1-11-6-7-12-8-9-15(24-16(12)10-11)17(23)22-14-5-3-2-4-13(14)18(19,20)21/h2-7,10,15H,8-9H2,1H3,(H,22,23). The molecule has 1 unspecified atom stereocenters. The van der Waals surface area contributed by atoms with Gasteiger partial charge in [-0.15, -0.1) is 0 Å². The first-order valence-electron chi connectivity index (χ1n) is 7.58. The zero-order valence-electron chi connectivity index (χ0n) is 13.0. The zero-order valence-corrected chi connectivity index (χ0v) is 13.0. The van der Waals surface area contributed by atoms with Crippen LogP contribution in [0, 0.1) is 6.92 Å². The van der Waals surface area contributed by atoms with Gasteiger partial charge in [-0.25, -0.2) is 0 Å². The molecule has 0 bridgehead atoms. The number of hydrogen-bond donors (Lipinski definition) is 1. The van der Waals surface area contributed by atoms with Crippen molar-refractivity contribution in [2.75, 3.05) is 5.32 Å². The molecule has 24 heavy (non-hydrogen) atoms. The van der Waals surface area contributed by atoms with Gasteiger partial charge in [0.2, 0.25) is 0 Å². The van der Waals surface area contributed by atoms with Gasteiger partial charge in [0.25, 0.3) is 5.91 Å². The lowest BCUT2D eigenvalue weighted by atomic mass is 10.00. The van der Waals surface area contributed by atoms with E-state index in [0.29, 0.717) is 18.6 Å². The average Bonchev–Trinajstić information content (AvgIpc) is 2.53. The predicted octanol–water partition coefficient (Wildman–Crippen LogP) is 4.35. The maximum atomic E-state index is 13.0. The number of anilines is 1. The highest BCUT2D eigenvalue weighted by Gasteiger charge is 2.34. The number of nitrogens with one attached hydrogen (secondary N) is 1. The van der Waals surface area contributed by atoms with Crippen molar-refractivity contribution in [2.24, 2.45) is 0 Å². The first kappa shape index (κ1) is 16.4. The third-order valence-electron chi connectivity index (χ3n) is 3.95. The molecular formula is C18H16F3NO2. The van der Waals surface area contributed by atoms with Crippen molar-refractivity contribution in [1.82, 2.24) is 0 Å². The summed E-state index contributed by atoms with van der Waals surface area (Å²) in [4.78, 5) is 12.3. The number of benzene rings is 2. The highest BCUT2D eigenvalue weighted by atomic mass is 19.4. The number of para-hydroxylation sites is 1. The molecule has 6 heteroatoms. The molecule has 1 aliphatic rings. The van der Waals surface area contributed by atoms with Gasteiger partial charge < -0.3 is 10.1 Å². The molecule has 0 aromatic heterocycles. The molecule has 3 nitrogen and oxygen atoms in total. The molecule has 0 fully saturated rings. The smallest absolute Gasteiger partial charge is 0.418 e. The van der Waals surface area contributed by atoms with Crippen molar-refractivity contribution in [2.45, 2.75) is 32.0 Å². The number of alkyl halides is 3. The molecule has 3 rings (SSSR count). The van der Waals surface area contributed by atoms with Gasteiger partial charge in [0, 0.05) is 0 Å². The van der Waals surface area contributed by atoms with E-state index in [9.17, 15) is 18.0 Å². The second-order valence-corrected chi connectivity index (χ2v) is 5.79. The average molecular weight is 335 g/mol. The van der Waals surface area contributed by atoms with Crippen molar-refractivity contribution >= 4 is 11.6 Å². The fourth-order valence-electron chi connectivity index (χ4n) is 2.71. The predicted molar refractivity (Wildman–Crippen MR) is 84.0 cm³/mol. The first-order chi connectivity index (χ1) is 11.3. The van der Waals surface area contributed by atoms with Crippen LogP contribution in [0.15, 0.2) is 42.5 Å². The molecular weight excluding hydrogens is 319 g/mol. The third-order valence-corrected chi connectivity index (χ3v) is 3.95. The van der Waals surface area contributed by atoms with Gasteiger partial charge in [-0.2, -0.15) is 13.2 Å². The lowest BCUT2D eigenvalue weighted by molar-refractivity contribution is -0.137. The Morgan fingerprint density at radius 2 is 1.96 bits per heavy atom. The Bertz CT molecular complexity index is 771. The Hall–Kier alpha value is -2.50. The van der Waals surface area contributed by atoms with Crippen LogP contribution in [0.1, 0.15) is 23.1 Å². The van der Waals surface area contributed by atoms with Crippen molar-refractivity contribution in [1.29, 1.82) is 0 Å². The van der Waals surface area contributed by atoms with Gasteiger partial charge in [-0.3, -0.25) is 4.79 Å². The van der Waals surface area contributed by atoms with E-state index in [2.05, 4.69) is 5.32 Å². The van der Waals surface area contributed by atoms with E-state index in [1.807, 2.05) is 25.1 Å². The lowest BCUT2D eigenvalue weighted by Crippen LogP contribution is -2.36. The van der Waals surface area contributed by atoms with Crippen molar-refractivity contribution < 1.29 is 22.7 Å². The van der Waals surface area contributed by atoms with Crippen LogP contribution in [0.5, 0.6) is 5.75 Å². The quantitative estimate of drug-likeness (QED) is 0.886. The molecule has 2 aromatic rings. The number of hydrogen-bond acceptors (Lipinski definition) is 2. The number of carbonyl (C=O) groups is 1. The summed E-state index contributed by atoms with van der Waals surface area (Å²) in [6.07, 6.45) is -4.26. The molecule has 0 aliphatic carbocycles. The highest BCUT2D eigenvalue weighted by Crippen LogP contribution is 2.35. The Balaban J connectivity index is 1.77. The van der Waals surface area contributed by atoms with Crippen LogP contribution < -0.4 is 10.1 Å². The summed E-state index contributed by atoms with van der Waals surface area (Å²) in [6.45, 7) is 1.91. The van der Waals surface area contributed by atoms with Crippen LogP contribution in [0.2, 0.25) is 0 Å². The lowest BCUT2D eigenvalue weighted by Gasteiger charge is -2.26. The van der Waals surface area contributed by atoms with Crippen LogP contribution >= 0.6 is 0 Å². The van der Waals surface area contributed by atoms with Gasteiger partial charge in [-0.05, 0) is 49.1 Å². The van der Waals surface area contributed by atoms with Gasteiger partial charge in [0.05, 0.1) is 11.3 Å². The largest absolute Gasteiger partial charge is 0.480 e. The van der Waals surface area contributed by atoms with Gasteiger partial charge in [0.1, 0.15) is 5.75 Å². The van der Waals surface area contributed by atoms with Gasteiger partial charge >= 0.3 is 6.18 Å². The van der Waals surface area contributed by atoms with Crippen LogP contribution in [0.4, 0.5) is 18.9 Å². The summed E-state index contributed by atoms with van der Waals surface area (Å²) in [7, 11) is 0. The summed E-state index contributed by atoms with van der Waals surface area (Å²) in [5.41, 5.74) is 0.872. The normalized spacial score (nSPS) is 16.9. The maximum Gasteiger partial charge on any atom is 0.418 e. The van der Waals surface area contributed by atoms with Gasteiger partial charge in [0.15, 0.2) is 6.10 Å². The van der Waals surface area contributed by atoms with Crippen molar-refractivity contribution in [3.63, 3.8) is 0 Å². The van der Waals surface area contributed by atoms with E-state index in [1.165, 1.54) is 18.2 Å². The van der Waals surface area contributed by atoms with E-state index in [1.54, 1.807) is 0 Å². The molecule has 0 saturated heterocycles. The number of amides is 1.